The molecule has 0 radical (unpaired) electrons. The van der Waals surface area contributed by atoms with Crippen molar-refractivity contribution in [1.82, 2.24) is 20.4 Å². The van der Waals surface area contributed by atoms with Gasteiger partial charge in [-0.3, -0.25) is 20.0 Å². The van der Waals surface area contributed by atoms with Crippen molar-refractivity contribution >= 4 is 23.5 Å². The molecule has 0 bridgehead atoms. The standard InChI is InChI=1S/C22H21N5O3/c1-13-7-6-10-17(23-14(2)28)19(13)20-16-11-27(12-18(16)25-26-20)22(30)24-21(29)15-8-4-3-5-9-15/h3-10H,11-12H2,1-2H3,(H,23,28)(H,25,26)(H,24,29,30). The molecule has 8 heteroatoms. The van der Waals surface area contributed by atoms with E-state index in [4.69, 9.17) is 0 Å². The highest BCUT2D eigenvalue weighted by molar-refractivity contribution is 6.04. The van der Waals surface area contributed by atoms with Crippen LogP contribution in [-0.2, 0) is 17.9 Å². The average molecular weight is 403 g/mol. The predicted molar refractivity (Wildman–Crippen MR) is 112 cm³/mol. The minimum atomic E-state index is -0.466. The second kappa shape index (κ2) is 7.82. The minimum Gasteiger partial charge on any atom is -0.326 e. The molecule has 3 N–H and O–H groups in total. The van der Waals surface area contributed by atoms with Gasteiger partial charge in [-0.05, 0) is 30.7 Å². The van der Waals surface area contributed by atoms with Gasteiger partial charge in [0.25, 0.3) is 5.91 Å². The summed E-state index contributed by atoms with van der Waals surface area (Å²) in [5, 5.41) is 12.7. The van der Waals surface area contributed by atoms with Crippen LogP contribution in [0.3, 0.4) is 0 Å². The molecular formula is C22H21N5O3. The zero-order chi connectivity index (χ0) is 21.3. The van der Waals surface area contributed by atoms with Gasteiger partial charge in [0.1, 0.15) is 0 Å². The minimum absolute atomic E-state index is 0.172. The first kappa shape index (κ1) is 19.4. The van der Waals surface area contributed by atoms with Gasteiger partial charge >= 0.3 is 6.03 Å². The molecule has 4 amide bonds. The number of aromatic amines is 1. The van der Waals surface area contributed by atoms with Gasteiger partial charge in [0.05, 0.1) is 30.2 Å². The maximum Gasteiger partial charge on any atom is 0.324 e. The quantitative estimate of drug-likeness (QED) is 0.624. The van der Waals surface area contributed by atoms with E-state index in [2.05, 4.69) is 20.8 Å². The van der Waals surface area contributed by atoms with E-state index in [0.717, 1.165) is 22.4 Å². The largest absolute Gasteiger partial charge is 0.326 e. The first-order chi connectivity index (χ1) is 14.4. The Labute approximate surface area is 173 Å². The number of anilines is 1. The van der Waals surface area contributed by atoms with Crippen LogP contribution in [0, 0.1) is 6.92 Å². The van der Waals surface area contributed by atoms with Gasteiger partial charge in [-0.1, -0.05) is 30.3 Å². The monoisotopic (exact) mass is 403 g/mol. The Morgan fingerprint density at radius 2 is 1.80 bits per heavy atom. The summed E-state index contributed by atoms with van der Waals surface area (Å²) in [7, 11) is 0. The van der Waals surface area contributed by atoms with Crippen molar-refractivity contribution in [3.63, 3.8) is 0 Å². The lowest BCUT2D eigenvalue weighted by molar-refractivity contribution is -0.114. The third-order valence-corrected chi connectivity index (χ3v) is 5.01. The highest BCUT2D eigenvalue weighted by Gasteiger charge is 2.30. The number of nitrogens with zero attached hydrogens (tertiary/aromatic N) is 2. The van der Waals surface area contributed by atoms with Crippen LogP contribution in [0.15, 0.2) is 48.5 Å². The van der Waals surface area contributed by atoms with Gasteiger partial charge in [-0.25, -0.2) is 4.79 Å². The molecule has 0 aliphatic carbocycles. The summed E-state index contributed by atoms with van der Waals surface area (Å²) < 4.78 is 0. The Hall–Kier alpha value is -3.94. The number of nitrogens with one attached hydrogen (secondary N) is 3. The number of carbonyl (C=O) groups excluding carboxylic acids is 3. The smallest absolute Gasteiger partial charge is 0.324 e. The predicted octanol–water partition coefficient (Wildman–Crippen LogP) is 3.21. The molecular weight excluding hydrogens is 382 g/mol. The molecule has 30 heavy (non-hydrogen) atoms. The summed E-state index contributed by atoms with van der Waals surface area (Å²) in [4.78, 5) is 38.1. The average Bonchev–Trinajstić information content (AvgIpc) is 3.30. The number of rotatable bonds is 3. The molecule has 1 aliphatic rings. The highest BCUT2D eigenvalue weighted by atomic mass is 16.2. The Morgan fingerprint density at radius 1 is 1.03 bits per heavy atom. The second-order valence-electron chi connectivity index (χ2n) is 7.19. The fourth-order valence-electron chi connectivity index (χ4n) is 3.60. The van der Waals surface area contributed by atoms with Crippen LogP contribution in [0.4, 0.5) is 10.5 Å². The van der Waals surface area contributed by atoms with E-state index < -0.39 is 11.9 Å². The van der Waals surface area contributed by atoms with Crippen molar-refractivity contribution in [3.05, 3.63) is 70.9 Å². The van der Waals surface area contributed by atoms with Crippen LogP contribution in [0.1, 0.15) is 34.1 Å². The van der Waals surface area contributed by atoms with E-state index in [9.17, 15) is 14.4 Å². The molecule has 152 valence electrons. The lowest BCUT2D eigenvalue weighted by atomic mass is 10.00. The molecule has 0 spiro atoms. The summed E-state index contributed by atoms with van der Waals surface area (Å²) in [6.07, 6.45) is 0. The lowest BCUT2D eigenvalue weighted by Gasteiger charge is -2.17. The number of urea groups is 1. The Balaban J connectivity index is 1.56. The number of hydrogen-bond donors (Lipinski definition) is 3. The first-order valence-corrected chi connectivity index (χ1v) is 9.53. The molecule has 3 aromatic rings. The molecule has 0 unspecified atom stereocenters. The van der Waals surface area contributed by atoms with E-state index in [1.807, 2.05) is 25.1 Å². The van der Waals surface area contributed by atoms with Gasteiger partial charge in [0, 0.05) is 23.6 Å². The number of H-pyrrole nitrogens is 1. The Kier molecular flexibility index (Phi) is 5.05. The molecule has 1 aliphatic heterocycles. The zero-order valence-electron chi connectivity index (χ0n) is 16.7. The maximum atomic E-state index is 12.6. The molecule has 2 aromatic carbocycles. The van der Waals surface area contributed by atoms with Crippen molar-refractivity contribution in [3.8, 4) is 11.3 Å². The zero-order valence-corrected chi connectivity index (χ0v) is 16.7. The lowest BCUT2D eigenvalue weighted by Crippen LogP contribution is -2.40. The van der Waals surface area contributed by atoms with Gasteiger partial charge in [-0.2, -0.15) is 5.10 Å². The number of carbonyl (C=O) groups is 3. The van der Waals surface area contributed by atoms with E-state index in [0.29, 0.717) is 30.0 Å². The maximum absolute atomic E-state index is 12.6. The van der Waals surface area contributed by atoms with Crippen LogP contribution < -0.4 is 10.6 Å². The number of benzene rings is 2. The molecule has 0 atom stereocenters. The van der Waals surface area contributed by atoms with Crippen LogP contribution in [0.5, 0.6) is 0 Å². The number of imide groups is 1. The van der Waals surface area contributed by atoms with Crippen LogP contribution >= 0.6 is 0 Å². The second-order valence-corrected chi connectivity index (χ2v) is 7.19. The summed E-state index contributed by atoms with van der Waals surface area (Å²) in [5.74, 6) is -0.615. The van der Waals surface area contributed by atoms with Crippen molar-refractivity contribution in [2.24, 2.45) is 0 Å². The van der Waals surface area contributed by atoms with Crippen molar-refractivity contribution in [2.45, 2.75) is 26.9 Å². The van der Waals surface area contributed by atoms with Crippen LogP contribution in [0.2, 0.25) is 0 Å². The number of fused-ring (bicyclic) bond motifs is 1. The van der Waals surface area contributed by atoms with Gasteiger partial charge in [-0.15, -0.1) is 0 Å². The fourth-order valence-corrected chi connectivity index (χ4v) is 3.60. The molecule has 0 saturated heterocycles. The number of aromatic nitrogens is 2. The van der Waals surface area contributed by atoms with E-state index in [1.54, 1.807) is 35.2 Å². The topological polar surface area (TPSA) is 107 Å². The summed E-state index contributed by atoms with van der Waals surface area (Å²) in [6.45, 7) is 4.02. The molecule has 0 fully saturated rings. The molecule has 2 heterocycles. The number of aryl methyl sites for hydroxylation is 1. The third kappa shape index (κ3) is 3.67. The van der Waals surface area contributed by atoms with E-state index in [1.165, 1.54) is 6.92 Å². The molecule has 0 saturated carbocycles. The van der Waals surface area contributed by atoms with E-state index in [-0.39, 0.29) is 5.91 Å². The molecule has 4 rings (SSSR count). The molecule has 8 nitrogen and oxygen atoms in total. The van der Waals surface area contributed by atoms with Crippen molar-refractivity contribution < 1.29 is 14.4 Å². The van der Waals surface area contributed by atoms with Crippen LogP contribution in [0.25, 0.3) is 11.3 Å². The van der Waals surface area contributed by atoms with Gasteiger partial charge < -0.3 is 10.2 Å². The molecule has 1 aromatic heterocycles. The number of hydrogen-bond acceptors (Lipinski definition) is 4. The summed E-state index contributed by atoms with van der Waals surface area (Å²) in [6, 6.07) is 13.8. The van der Waals surface area contributed by atoms with E-state index >= 15 is 0 Å². The number of amides is 4. The fraction of sp³-hybridized carbons (Fsp3) is 0.182. The first-order valence-electron chi connectivity index (χ1n) is 9.53. The Bertz CT molecular complexity index is 1140. The highest BCUT2D eigenvalue weighted by Crippen LogP contribution is 2.36. The Morgan fingerprint density at radius 3 is 2.53 bits per heavy atom. The van der Waals surface area contributed by atoms with Gasteiger partial charge in [0.2, 0.25) is 5.91 Å². The summed E-state index contributed by atoms with van der Waals surface area (Å²) in [5.41, 5.74) is 5.23. The van der Waals surface area contributed by atoms with Gasteiger partial charge in [0.15, 0.2) is 0 Å². The third-order valence-electron chi connectivity index (χ3n) is 5.01. The van der Waals surface area contributed by atoms with Crippen LogP contribution in [-0.4, -0.2) is 32.9 Å². The SMILES string of the molecule is CC(=O)Nc1cccc(C)c1-c1n[nH]c2c1CN(C(=O)NC(=O)c1ccccc1)C2. The van der Waals surface area contributed by atoms with Crippen molar-refractivity contribution in [2.75, 3.05) is 5.32 Å². The van der Waals surface area contributed by atoms with Crippen molar-refractivity contribution in [1.29, 1.82) is 0 Å². The normalized spacial score (nSPS) is 12.4. The summed E-state index contributed by atoms with van der Waals surface area (Å²) >= 11 is 0.